The zero-order valence-corrected chi connectivity index (χ0v) is 46.3. The first-order valence-electron chi connectivity index (χ1n) is 26.5. The van der Waals surface area contributed by atoms with Gasteiger partial charge < -0.3 is 18.8 Å². The molecule has 0 amide bonds. The number of alkyl halides is 4. The van der Waals surface area contributed by atoms with Gasteiger partial charge in [0.1, 0.15) is 34.8 Å². The van der Waals surface area contributed by atoms with Crippen LogP contribution in [-0.2, 0) is 21.5 Å². The lowest BCUT2D eigenvalue weighted by Crippen LogP contribution is -2.41. The van der Waals surface area contributed by atoms with Crippen LogP contribution in [0.15, 0.2) is 109 Å². The summed E-state index contributed by atoms with van der Waals surface area (Å²) in [6.07, 6.45) is 6.82. The summed E-state index contributed by atoms with van der Waals surface area (Å²) in [7, 11) is -0.974. The summed E-state index contributed by atoms with van der Waals surface area (Å²) in [4.78, 5) is 0. The Morgan fingerprint density at radius 1 is 0.500 bits per heavy atom. The van der Waals surface area contributed by atoms with Crippen LogP contribution in [0.25, 0.3) is 22.3 Å². The molecule has 2 atom stereocenters. The van der Waals surface area contributed by atoms with E-state index in [1.165, 1.54) is 43.0 Å². The molecule has 0 spiro atoms. The number of allylic oxidation sites excluding steroid dienone is 4. The largest absolute Gasteiger partial charge is 0.494 e. The zero-order chi connectivity index (χ0) is 60.1. The molecule has 0 radical (unpaired) electrons. The summed E-state index contributed by atoms with van der Waals surface area (Å²) >= 11 is 5.69. The maximum Gasteiger partial charge on any atom is 0.494 e. The van der Waals surface area contributed by atoms with Gasteiger partial charge >= 0.3 is 19.3 Å². The first-order chi connectivity index (χ1) is 38.5. The van der Waals surface area contributed by atoms with Gasteiger partial charge in [-0.2, -0.15) is 17.6 Å². The highest BCUT2D eigenvalue weighted by atomic mass is 35.5. The molecule has 2 aliphatic carbocycles. The molecule has 6 aromatic carbocycles. The van der Waals surface area contributed by atoms with Gasteiger partial charge in [0.15, 0.2) is 34.9 Å². The standard InChI is InChI=1S/C28H23F7O.C19H17BF6O3.C15H18ClF/c1-2-3-16-4-6-17(7-5-16)18-8-10-21(23(29)12-18)19-9-11-22(24(30)13-19)28(34,35)36-20-14-25(31)27(33)26(32)15-20;1-17(2)18(3,4)29-20(28-17)10-5-6-12(13(21)7-10)19(25,26)27-11-8-14(22)16(24)15(23)9-11;1-2-3-11-4-6-12(7-5-11)13-8-9-14(16)15(17)10-13/h6,8-16H,2-5,7H2,1H3;5-9H,1-4H3;6,8-11H,2-5,7H2,1H3. The van der Waals surface area contributed by atoms with Crippen LogP contribution in [0.1, 0.15) is 128 Å². The van der Waals surface area contributed by atoms with Crippen molar-refractivity contribution >= 4 is 35.3 Å². The lowest BCUT2D eigenvalue weighted by Gasteiger charge is -2.32. The first kappa shape index (κ1) is 63.3. The van der Waals surface area contributed by atoms with E-state index in [1.807, 2.05) is 6.07 Å². The third kappa shape index (κ3) is 15.1. The van der Waals surface area contributed by atoms with Crippen LogP contribution in [0.2, 0.25) is 5.02 Å². The van der Waals surface area contributed by atoms with E-state index in [4.69, 9.17) is 20.9 Å². The number of rotatable bonds is 14. The second-order valence-corrected chi connectivity index (χ2v) is 21.7. The van der Waals surface area contributed by atoms with E-state index in [0.717, 1.165) is 91.8 Å². The molecule has 2 unspecified atom stereocenters. The van der Waals surface area contributed by atoms with E-state index >= 15 is 0 Å². The summed E-state index contributed by atoms with van der Waals surface area (Å²) in [6.45, 7) is 11.5. The van der Waals surface area contributed by atoms with Crippen molar-refractivity contribution in [2.75, 3.05) is 0 Å². The van der Waals surface area contributed by atoms with Crippen molar-refractivity contribution in [3.63, 3.8) is 0 Å². The van der Waals surface area contributed by atoms with Gasteiger partial charge in [-0.15, -0.1) is 0 Å². The minimum Gasteiger partial charge on any atom is -0.429 e. The van der Waals surface area contributed by atoms with Gasteiger partial charge in [-0.3, -0.25) is 0 Å². The molecule has 1 fully saturated rings. The van der Waals surface area contributed by atoms with Gasteiger partial charge in [0.05, 0.1) is 27.4 Å². The molecule has 1 heterocycles. The van der Waals surface area contributed by atoms with Crippen molar-refractivity contribution in [2.45, 2.75) is 129 Å². The second kappa shape index (κ2) is 26.1. The van der Waals surface area contributed by atoms with Gasteiger partial charge in [-0.05, 0) is 154 Å². The maximum atomic E-state index is 14.9. The SMILES string of the molecule is CC1(C)OB(c2ccc(C(F)(F)Oc3cc(F)c(F)c(F)c3)c(F)c2)OC1(C)C.CCCC1CC=C(c2ccc(-c3ccc(C(F)(F)Oc4cc(F)c(F)c(F)c4)c(F)c3)c(F)c2)CC1.CCCC1CC=C(c2ccc(Cl)c(F)c2)CC1. The molecule has 3 aliphatic rings. The first-order valence-corrected chi connectivity index (χ1v) is 26.9. The average Bonchev–Trinajstić information content (AvgIpc) is 3.89. The van der Waals surface area contributed by atoms with Crippen LogP contribution in [0.4, 0.5) is 61.5 Å². The fraction of sp³-hybridized carbons (Fsp3) is 0.355. The summed E-state index contributed by atoms with van der Waals surface area (Å²) in [5.74, 6) is -14.9. The smallest absolute Gasteiger partial charge is 0.429 e. The highest BCUT2D eigenvalue weighted by Crippen LogP contribution is 2.41. The fourth-order valence-corrected chi connectivity index (χ4v) is 9.80. The Morgan fingerprint density at radius 2 is 0.902 bits per heavy atom. The van der Waals surface area contributed by atoms with Crippen LogP contribution in [-0.4, -0.2) is 18.3 Å². The fourth-order valence-electron chi connectivity index (χ4n) is 9.69. The molecule has 438 valence electrons. The van der Waals surface area contributed by atoms with Crippen molar-refractivity contribution in [1.29, 1.82) is 0 Å². The van der Waals surface area contributed by atoms with E-state index in [-0.39, 0.29) is 51.7 Å². The molecule has 9 rings (SSSR count). The Morgan fingerprint density at radius 3 is 1.29 bits per heavy atom. The number of hydrogen-bond acceptors (Lipinski definition) is 4. The van der Waals surface area contributed by atoms with Crippen LogP contribution in [0.3, 0.4) is 0 Å². The molecule has 0 saturated carbocycles. The van der Waals surface area contributed by atoms with Crippen molar-refractivity contribution in [1.82, 2.24) is 0 Å². The summed E-state index contributed by atoms with van der Waals surface area (Å²) in [5, 5.41) is 0.203. The third-order valence-electron chi connectivity index (χ3n) is 14.9. The van der Waals surface area contributed by atoms with Gasteiger partial charge in [0.2, 0.25) is 0 Å². The Balaban J connectivity index is 0.000000188. The molecule has 6 aromatic rings. The molecule has 1 saturated heterocycles. The predicted octanol–water partition coefficient (Wildman–Crippen LogP) is 19.3. The van der Waals surface area contributed by atoms with Crippen molar-refractivity contribution < 1.29 is 80.2 Å². The third-order valence-corrected chi connectivity index (χ3v) is 15.2. The van der Waals surface area contributed by atoms with Crippen molar-refractivity contribution in [3.8, 4) is 22.6 Å². The highest BCUT2D eigenvalue weighted by Gasteiger charge is 2.52. The van der Waals surface area contributed by atoms with Gasteiger partial charge in [0, 0.05) is 29.8 Å². The normalized spacial score (nSPS) is 17.7. The maximum absolute atomic E-state index is 14.9. The quantitative estimate of drug-likeness (QED) is 0.0619. The van der Waals surface area contributed by atoms with Crippen molar-refractivity contribution in [2.24, 2.45) is 11.8 Å². The molecule has 0 bridgehead atoms. The van der Waals surface area contributed by atoms with Crippen LogP contribution in [0, 0.1) is 70.0 Å². The topological polar surface area (TPSA) is 36.9 Å². The van der Waals surface area contributed by atoms with Gasteiger partial charge in [-0.1, -0.05) is 93.6 Å². The van der Waals surface area contributed by atoms with E-state index in [9.17, 15) is 61.5 Å². The van der Waals surface area contributed by atoms with E-state index in [1.54, 1.807) is 45.9 Å². The number of ether oxygens (including phenoxy) is 2. The van der Waals surface area contributed by atoms with Crippen molar-refractivity contribution in [3.05, 3.63) is 195 Å². The lowest BCUT2D eigenvalue weighted by molar-refractivity contribution is -0.188. The predicted molar refractivity (Wildman–Crippen MR) is 287 cm³/mol. The van der Waals surface area contributed by atoms with Crippen LogP contribution < -0.4 is 14.9 Å². The molecule has 0 N–H and O–H groups in total. The molecular weight excluding hydrogens is 1120 g/mol. The Labute approximate surface area is 472 Å². The Bertz CT molecular complexity index is 3270. The van der Waals surface area contributed by atoms with Gasteiger partial charge in [-0.25, -0.2) is 43.9 Å². The van der Waals surface area contributed by atoms with Crippen LogP contribution in [0.5, 0.6) is 11.5 Å². The number of benzene rings is 6. The highest BCUT2D eigenvalue weighted by molar-refractivity contribution is 6.62. The van der Waals surface area contributed by atoms with E-state index in [0.29, 0.717) is 12.0 Å². The van der Waals surface area contributed by atoms with E-state index in [2.05, 4.69) is 35.5 Å². The minimum atomic E-state index is -4.34. The van der Waals surface area contributed by atoms with Crippen LogP contribution >= 0.6 is 11.6 Å². The van der Waals surface area contributed by atoms with Gasteiger partial charge in [0.25, 0.3) is 0 Å². The van der Waals surface area contributed by atoms with E-state index < -0.39 is 106 Å². The summed E-state index contributed by atoms with van der Waals surface area (Å²) in [6, 6.07) is 15.8. The minimum absolute atomic E-state index is 0.0237. The summed E-state index contributed by atoms with van der Waals surface area (Å²) in [5.41, 5.74) is 0.404. The molecule has 0 aromatic heterocycles. The molecule has 20 heteroatoms. The molecule has 82 heavy (non-hydrogen) atoms. The molecular formula is C62H58BClF14O4. The zero-order valence-electron chi connectivity index (χ0n) is 45.5. The lowest BCUT2D eigenvalue weighted by atomic mass is 9.78. The number of hydrogen-bond donors (Lipinski definition) is 0. The second-order valence-electron chi connectivity index (χ2n) is 21.3. The monoisotopic (exact) mass is 1180 g/mol. The average molecular weight is 1180 g/mol. The molecule has 4 nitrogen and oxygen atoms in total. The Kier molecular flexibility index (Phi) is 20.1. The number of halogens is 15. The summed E-state index contributed by atoms with van der Waals surface area (Å²) < 4.78 is 214. The Hall–Kier alpha value is -6.31. The molecule has 1 aliphatic heterocycles.